The van der Waals surface area contributed by atoms with Crippen LogP contribution in [0.1, 0.15) is 0 Å². The highest BCUT2D eigenvalue weighted by Crippen LogP contribution is 2.55. The molecule has 0 bridgehead atoms. The average Bonchev–Trinajstić information content (AvgIpc) is 1.92. The van der Waals surface area contributed by atoms with Gasteiger partial charge in [-0.2, -0.15) is 9.97 Å². The van der Waals surface area contributed by atoms with Gasteiger partial charge >= 0.3 is 0 Å². The summed E-state index contributed by atoms with van der Waals surface area (Å²) in [6.45, 7) is 0. The molecule has 7 heterocycles. The Balaban J connectivity index is 1.00. The molecule has 84 heavy (non-hydrogen) atoms. The fraction of sp³-hybridized carbons (Fsp3) is 0. The maximum absolute atomic E-state index is 5.89. The molecule has 0 amide bonds. The van der Waals surface area contributed by atoms with Gasteiger partial charge in [0.05, 0.1) is 61.9 Å². The molecule has 0 unspecified atom stereocenters. The van der Waals surface area contributed by atoms with Crippen LogP contribution in [0.15, 0.2) is 299 Å². The van der Waals surface area contributed by atoms with Crippen LogP contribution in [0.3, 0.4) is 0 Å². The van der Waals surface area contributed by atoms with Crippen LogP contribution in [-0.2, 0) is 0 Å². The first-order chi connectivity index (χ1) is 41.6. The lowest BCUT2D eigenvalue weighted by atomic mass is 10.0. The molecule has 10 aromatic carbocycles. The van der Waals surface area contributed by atoms with Crippen LogP contribution < -0.4 is 9.80 Å². The number of rotatable bonds is 8. The molecule has 5 aromatic heterocycles. The van der Waals surface area contributed by atoms with Crippen molar-refractivity contribution in [2.45, 2.75) is 19.6 Å². The van der Waals surface area contributed by atoms with Crippen molar-refractivity contribution in [3.05, 3.63) is 279 Å². The molecule has 17 rings (SSSR count). The third kappa shape index (κ3) is 7.86. The van der Waals surface area contributed by atoms with Gasteiger partial charge in [-0.05, 0) is 119 Å². The quantitative estimate of drug-likeness (QED) is 0.149. The molecule has 2 aliphatic heterocycles. The molecule has 10 heteroatoms. The van der Waals surface area contributed by atoms with Gasteiger partial charge in [-0.1, -0.05) is 199 Å². The highest BCUT2D eigenvalue weighted by molar-refractivity contribution is 8.00. The largest absolute Gasteiger partial charge is 0.293 e. The van der Waals surface area contributed by atoms with Crippen molar-refractivity contribution >= 4 is 102 Å². The van der Waals surface area contributed by atoms with Crippen molar-refractivity contribution in [1.29, 1.82) is 0 Å². The summed E-state index contributed by atoms with van der Waals surface area (Å²) in [5.74, 6) is 2.75. The second-order valence-electron chi connectivity index (χ2n) is 21.0. The predicted molar refractivity (Wildman–Crippen MR) is 346 cm³/mol. The van der Waals surface area contributed by atoms with Crippen molar-refractivity contribution in [2.75, 3.05) is 9.80 Å². The zero-order chi connectivity index (χ0) is 55.2. The lowest BCUT2D eigenvalue weighted by Crippen LogP contribution is -2.21. The molecule has 15 aromatic rings. The van der Waals surface area contributed by atoms with Crippen molar-refractivity contribution in [2.24, 2.45) is 0 Å². The number of aromatic nitrogens is 6. The second-order valence-corrected chi connectivity index (χ2v) is 23.2. The minimum atomic E-state index is 0.522. The number of fused-ring (bicyclic) bond motifs is 11. The molecule has 0 saturated heterocycles. The van der Waals surface area contributed by atoms with E-state index in [0.717, 1.165) is 148 Å². The van der Waals surface area contributed by atoms with E-state index in [2.05, 4.69) is 280 Å². The van der Waals surface area contributed by atoms with Crippen molar-refractivity contribution in [1.82, 2.24) is 29.1 Å². The van der Waals surface area contributed by atoms with Crippen LogP contribution in [-0.4, -0.2) is 29.1 Å². The van der Waals surface area contributed by atoms with Gasteiger partial charge in [0.1, 0.15) is 17.5 Å². The van der Waals surface area contributed by atoms with Gasteiger partial charge in [-0.15, -0.1) is 0 Å². The lowest BCUT2D eigenvalue weighted by Gasteiger charge is -2.34. The molecule has 394 valence electrons. The van der Waals surface area contributed by atoms with E-state index in [-0.39, 0.29) is 0 Å². The molecule has 8 nitrogen and oxygen atoms in total. The third-order valence-electron chi connectivity index (χ3n) is 16.1. The molecule has 0 fully saturated rings. The highest BCUT2D eigenvalue weighted by Gasteiger charge is 2.32. The normalized spacial score (nSPS) is 12.6. The summed E-state index contributed by atoms with van der Waals surface area (Å²) in [4.78, 5) is 31.8. The Labute approximate surface area is 492 Å². The van der Waals surface area contributed by atoms with E-state index in [1.165, 1.54) is 0 Å². The average molecular weight is 1110 g/mol. The molecule has 0 spiro atoms. The summed E-state index contributed by atoms with van der Waals surface area (Å²) in [6.07, 6.45) is 0. The second kappa shape index (κ2) is 19.6. The van der Waals surface area contributed by atoms with E-state index in [9.17, 15) is 0 Å². The SMILES string of the molecule is c1ccc(-c2ccc3c(c2)c2ccc4c5cc(-c6ccccc6)ccc5n(-c5nc(N6c7ccccc7Sc7ccccc76)cc(N6c7ccccc7Sc7ccccc76)n5)c4c2n3-c2cccc(-c3cccc(-c4ccccc4)n3)n2)cc1. The van der Waals surface area contributed by atoms with Crippen LogP contribution in [0.2, 0.25) is 0 Å². The van der Waals surface area contributed by atoms with Gasteiger partial charge < -0.3 is 0 Å². The Bertz CT molecular complexity index is 4910. The first-order valence-corrected chi connectivity index (χ1v) is 29.7. The summed E-state index contributed by atoms with van der Waals surface area (Å²) in [6, 6.07) is 99.1. The van der Waals surface area contributed by atoms with Gasteiger partial charge in [0.2, 0.25) is 5.95 Å². The number of hydrogen-bond acceptors (Lipinski definition) is 8. The van der Waals surface area contributed by atoms with Gasteiger partial charge in [0.15, 0.2) is 0 Å². The molecule has 0 radical (unpaired) electrons. The van der Waals surface area contributed by atoms with E-state index in [4.69, 9.17) is 19.9 Å². The van der Waals surface area contributed by atoms with Crippen LogP contribution in [0, 0.1) is 0 Å². The molecule has 0 N–H and O–H groups in total. The predicted octanol–water partition coefficient (Wildman–Crippen LogP) is 20.0. The molecule has 0 aliphatic carbocycles. The van der Waals surface area contributed by atoms with Gasteiger partial charge in [-0.25, -0.2) is 9.97 Å². The first kappa shape index (κ1) is 48.2. The van der Waals surface area contributed by atoms with E-state index in [0.29, 0.717) is 5.95 Å². The van der Waals surface area contributed by atoms with Gasteiger partial charge in [0, 0.05) is 52.8 Å². The molecule has 0 atom stereocenters. The monoisotopic (exact) mass is 1110 g/mol. The van der Waals surface area contributed by atoms with Gasteiger partial charge in [0.25, 0.3) is 0 Å². The zero-order valence-electron chi connectivity index (χ0n) is 45.0. The maximum atomic E-state index is 5.89. The number of nitrogens with zero attached hydrogens (tertiary/aromatic N) is 8. The Hall–Kier alpha value is -10.5. The summed E-state index contributed by atoms with van der Waals surface area (Å²) < 4.78 is 4.68. The van der Waals surface area contributed by atoms with Crippen LogP contribution >= 0.6 is 23.5 Å². The number of hydrogen-bond donors (Lipinski definition) is 0. The smallest absolute Gasteiger partial charge is 0.238 e. The molecular weight excluding hydrogens is 1070 g/mol. The van der Waals surface area contributed by atoms with Crippen LogP contribution in [0.5, 0.6) is 0 Å². The summed E-state index contributed by atoms with van der Waals surface area (Å²) >= 11 is 3.57. The van der Waals surface area contributed by atoms with Crippen molar-refractivity contribution in [3.8, 4) is 56.7 Å². The van der Waals surface area contributed by atoms with E-state index < -0.39 is 0 Å². The third-order valence-corrected chi connectivity index (χ3v) is 18.4. The Morgan fingerprint density at radius 3 is 1.15 bits per heavy atom. The number of pyridine rings is 2. The number of anilines is 6. The number of para-hydroxylation sites is 4. The van der Waals surface area contributed by atoms with Crippen LogP contribution in [0.4, 0.5) is 34.4 Å². The fourth-order valence-corrected chi connectivity index (χ4v) is 14.5. The maximum Gasteiger partial charge on any atom is 0.238 e. The van der Waals surface area contributed by atoms with Crippen molar-refractivity contribution in [3.63, 3.8) is 0 Å². The fourth-order valence-electron chi connectivity index (χ4n) is 12.3. The minimum absolute atomic E-state index is 0.522. The first-order valence-electron chi connectivity index (χ1n) is 28.0. The molecular formula is C74H46N8S2. The van der Waals surface area contributed by atoms with E-state index in [1.807, 2.05) is 18.2 Å². The van der Waals surface area contributed by atoms with E-state index >= 15 is 0 Å². The van der Waals surface area contributed by atoms with Crippen molar-refractivity contribution < 1.29 is 0 Å². The molecule has 0 saturated carbocycles. The summed E-state index contributed by atoms with van der Waals surface area (Å²) in [5.41, 5.74) is 16.1. The Morgan fingerprint density at radius 2 is 0.655 bits per heavy atom. The van der Waals surface area contributed by atoms with Gasteiger partial charge in [-0.3, -0.25) is 18.9 Å². The topological polar surface area (TPSA) is 67.9 Å². The summed E-state index contributed by atoms with van der Waals surface area (Å²) in [7, 11) is 0. The Morgan fingerprint density at radius 1 is 0.250 bits per heavy atom. The standard InChI is InChI=1S/C74H46N8S2/c1-4-20-47(21-5-1)50-38-42-59-54(44-50)52-40-41-53-55-45-51(48-22-6-2-7-23-48)39-43-60(55)82(73(53)72(52)81(59)69-37-19-28-58(76-69)57-27-18-26-56(75-57)49-24-8-3-9-25-49)74-77-70(79-61-29-10-14-33-65(61)83-66-34-15-11-30-62(66)79)46-71(78-74)80-63-31-12-16-35-67(63)84-68-36-17-13-32-64(68)80/h1-46H. The van der Waals surface area contributed by atoms with E-state index in [1.54, 1.807) is 23.5 Å². The lowest BCUT2D eigenvalue weighted by molar-refractivity contribution is 0.957. The molecule has 2 aliphatic rings. The minimum Gasteiger partial charge on any atom is -0.293 e. The number of benzene rings is 10. The Kier molecular flexibility index (Phi) is 11.2. The van der Waals surface area contributed by atoms with Crippen LogP contribution in [0.25, 0.3) is 100 Å². The summed E-state index contributed by atoms with van der Waals surface area (Å²) in [5, 5.41) is 4.30. The highest BCUT2D eigenvalue weighted by atomic mass is 32.2. The zero-order valence-corrected chi connectivity index (χ0v) is 46.6.